The lowest BCUT2D eigenvalue weighted by Crippen LogP contribution is -2.42. The van der Waals surface area contributed by atoms with Crippen LogP contribution in [0.5, 0.6) is 5.75 Å². The molecule has 1 aliphatic heterocycles. The van der Waals surface area contributed by atoms with E-state index in [0.717, 1.165) is 15.8 Å². The van der Waals surface area contributed by atoms with E-state index in [2.05, 4.69) is 26.5 Å². The highest BCUT2D eigenvalue weighted by molar-refractivity contribution is 9.10. The van der Waals surface area contributed by atoms with Crippen molar-refractivity contribution in [3.63, 3.8) is 0 Å². The molecule has 1 fully saturated rings. The normalized spacial score (nSPS) is 16.2. The SMILES string of the molecule is CCOc1ccc(/C(C)=N/NC(=O)C2CCN(S(=O)(=O)c3ccc(Br)cc3)CC2)cc1. The van der Waals surface area contributed by atoms with E-state index < -0.39 is 10.0 Å². The molecule has 0 saturated carbocycles. The van der Waals surface area contributed by atoms with Crippen LogP contribution in [0.1, 0.15) is 32.3 Å². The maximum Gasteiger partial charge on any atom is 0.243 e. The molecule has 9 heteroatoms. The van der Waals surface area contributed by atoms with Crippen molar-refractivity contribution in [2.45, 2.75) is 31.6 Å². The van der Waals surface area contributed by atoms with Crippen LogP contribution in [-0.2, 0) is 14.8 Å². The van der Waals surface area contributed by atoms with Crippen LogP contribution in [0.2, 0.25) is 0 Å². The number of hydrogen-bond acceptors (Lipinski definition) is 5. The Morgan fingerprint density at radius 3 is 2.32 bits per heavy atom. The van der Waals surface area contributed by atoms with Crippen molar-refractivity contribution in [1.82, 2.24) is 9.73 Å². The van der Waals surface area contributed by atoms with E-state index in [9.17, 15) is 13.2 Å². The van der Waals surface area contributed by atoms with E-state index in [1.807, 2.05) is 38.1 Å². The summed E-state index contributed by atoms with van der Waals surface area (Å²) in [6.07, 6.45) is 0.915. The fraction of sp³-hybridized carbons (Fsp3) is 0.364. The van der Waals surface area contributed by atoms with Gasteiger partial charge in [-0.3, -0.25) is 4.79 Å². The van der Waals surface area contributed by atoms with E-state index in [-0.39, 0.29) is 16.7 Å². The summed E-state index contributed by atoms with van der Waals surface area (Å²) in [7, 11) is -3.55. The maximum absolute atomic E-state index is 12.8. The molecule has 0 unspecified atom stereocenters. The number of carbonyl (C=O) groups excluding carboxylic acids is 1. The molecule has 1 saturated heterocycles. The molecule has 0 bridgehead atoms. The van der Waals surface area contributed by atoms with E-state index in [0.29, 0.717) is 38.2 Å². The number of nitrogens with zero attached hydrogens (tertiary/aromatic N) is 2. The zero-order valence-corrected chi connectivity index (χ0v) is 19.9. The van der Waals surface area contributed by atoms with E-state index in [1.54, 1.807) is 24.3 Å². The Bertz CT molecular complexity index is 1030. The van der Waals surface area contributed by atoms with Crippen LogP contribution < -0.4 is 10.2 Å². The summed E-state index contributed by atoms with van der Waals surface area (Å²) >= 11 is 3.31. The van der Waals surface area contributed by atoms with E-state index >= 15 is 0 Å². The minimum Gasteiger partial charge on any atom is -0.494 e. The zero-order chi connectivity index (χ0) is 22.4. The molecule has 166 valence electrons. The first-order chi connectivity index (χ1) is 14.8. The van der Waals surface area contributed by atoms with Crippen LogP contribution in [0.3, 0.4) is 0 Å². The van der Waals surface area contributed by atoms with Crippen LogP contribution in [0.15, 0.2) is 63.0 Å². The summed E-state index contributed by atoms with van der Waals surface area (Å²) in [4.78, 5) is 12.8. The highest BCUT2D eigenvalue weighted by Crippen LogP contribution is 2.25. The van der Waals surface area contributed by atoms with Crippen LogP contribution >= 0.6 is 15.9 Å². The van der Waals surface area contributed by atoms with Crippen molar-refractivity contribution in [3.05, 3.63) is 58.6 Å². The average Bonchev–Trinajstić information content (AvgIpc) is 2.78. The van der Waals surface area contributed by atoms with Gasteiger partial charge < -0.3 is 4.74 Å². The van der Waals surface area contributed by atoms with Gasteiger partial charge in [-0.1, -0.05) is 15.9 Å². The summed E-state index contributed by atoms with van der Waals surface area (Å²) in [5, 5.41) is 4.21. The predicted molar refractivity (Wildman–Crippen MR) is 124 cm³/mol. The first kappa shape index (κ1) is 23.4. The lowest BCUT2D eigenvalue weighted by atomic mass is 9.98. The molecule has 0 spiro atoms. The molecule has 0 aromatic heterocycles. The highest BCUT2D eigenvalue weighted by atomic mass is 79.9. The quantitative estimate of drug-likeness (QED) is 0.456. The molecule has 2 aromatic rings. The monoisotopic (exact) mass is 507 g/mol. The van der Waals surface area contributed by atoms with Gasteiger partial charge in [0.2, 0.25) is 15.9 Å². The van der Waals surface area contributed by atoms with Crippen LogP contribution in [-0.4, -0.2) is 44.0 Å². The number of amides is 1. The Kier molecular flexibility index (Phi) is 7.85. The molecule has 0 aliphatic carbocycles. The topological polar surface area (TPSA) is 88.1 Å². The number of rotatable bonds is 7. The number of piperidine rings is 1. The molecule has 2 aromatic carbocycles. The number of carbonyl (C=O) groups is 1. The molecule has 1 aliphatic rings. The lowest BCUT2D eigenvalue weighted by Gasteiger charge is -2.30. The molecule has 3 rings (SSSR count). The minimum atomic E-state index is -3.55. The van der Waals surface area contributed by atoms with Gasteiger partial charge in [0.15, 0.2) is 0 Å². The Balaban J connectivity index is 1.55. The summed E-state index contributed by atoms with van der Waals surface area (Å²) in [5.74, 6) is 0.326. The van der Waals surface area contributed by atoms with Gasteiger partial charge in [0.05, 0.1) is 17.2 Å². The fourth-order valence-corrected chi connectivity index (χ4v) is 5.10. The second-order valence-electron chi connectivity index (χ2n) is 7.26. The second-order valence-corrected chi connectivity index (χ2v) is 10.1. The molecule has 31 heavy (non-hydrogen) atoms. The Morgan fingerprint density at radius 2 is 1.74 bits per heavy atom. The molecule has 7 nitrogen and oxygen atoms in total. The number of hydrogen-bond donors (Lipinski definition) is 1. The number of ether oxygens (including phenoxy) is 1. The molecular weight excluding hydrogens is 482 g/mol. The first-order valence-corrected chi connectivity index (χ1v) is 12.4. The van der Waals surface area contributed by atoms with Crippen molar-refractivity contribution in [1.29, 1.82) is 0 Å². The third-order valence-electron chi connectivity index (χ3n) is 5.19. The average molecular weight is 508 g/mol. The van der Waals surface area contributed by atoms with Crippen molar-refractivity contribution in [2.24, 2.45) is 11.0 Å². The van der Waals surface area contributed by atoms with Crippen molar-refractivity contribution >= 4 is 37.6 Å². The summed E-state index contributed by atoms with van der Waals surface area (Å²) in [6.45, 7) is 4.96. The number of halogens is 1. The molecule has 1 N–H and O–H groups in total. The molecular formula is C22H26BrN3O4S. The minimum absolute atomic E-state index is 0.189. The summed E-state index contributed by atoms with van der Waals surface area (Å²) in [6, 6.07) is 14.1. The van der Waals surface area contributed by atoms with E-state index in [1.165, 1.54) is 4.31 Å². The van der Waals surface area contributed by atoms with Gasteiger partial charge in [-0.15, -0.1) is 0 Å². The van der Waals surface area contributed by atoms with Crippen molar-refractivity contribution in [2.75, 3.05) is 19.7 Å². The molecule has 1 amide bonds. The van der Waals surface area contributed by atoms with Crippen molar-refractivity contribution in [3.8, 4) is 5.75 Å². The number of hydrazone groups is 1. The van der Waals surface area contributed by atoms with Gasteiger partial charge in [0, 0.05) is 23.5 Å². The second kappa shape index (κ2) is 10.4. The third-order valence-corrected chi connectivity index (χ3v) is 7.63. The van der Waals surface area contributed by atoms with Crippen LogP contribution in [0, 0.1) is 5.92 Å². The Labute approximate surface area is 191 Å². The zero-order valence-electron chi connectivity index (χ0n) is 17.5. The maximum atomic E-state index is 12.8. The van der Waals surface area contributed by atoms with Gasteiger partial charge in [-0.05, 0) is 80.8 Å². The number of benzene rings is 2. The third kappa shape index (κ3) is 5.93. The first-order valence-electron chi connectivity index (χ1n) is 10.1. The smallest absolute Gasteiger partial charge is 0.243 e. The van der Waals surface area contributed by atoms with Gasteiger partial charge in [-0.25, -0.2) is 13.8 Å². The van der Waals surface area contributed by atoms with Crippen molar-refractivity contribution < 1.29 is 17.9 Å². The highest BCUT2D eigenvalue weighted by Gasteiger charge is 2.32. The molecule has 0 atom stereocenters. The van der Waals surface area contributed by atoms with Crippen LogP contribution in [0.4, 0.5) is 0 Å². The Morgan fingerprint density at radius 1 is 1.13 bits per heavy atom. The van der Waals surface area contributed by atoms with Gasteiger partial charge in [-0.2, -0.15) is 9.41 Å². The van der Waals surface area contributed by atoms with Gasteiger partial charge in [0.1, 0.15) is 5.75 Å². The predicted octanol–water partition coefficient (Wildman–Crippen LogP) is 3.79. The van der Waals surface area contributed by atoms with E-state index in [4.69, 9.17) is 4.74 Å². The van der Waals surface area contributed by atoms with Crippen LogP contribution in [0.25, 0.3) is 0 Å². The number of sulfonamides is 1. The Hall–Kier alpha value is -2.23. The van der Waals surface area contributed by atoms with Gasteiger partial charge >= 0.3 is 0 Å². The summed E-state index contributed by atoms with van der Waals surface area (Å²) in [5.41, 5.74) is 4.20. The standard InChI is InChI=1S/C22H26BrN3O4S/c1-3-30-20-8-4-17(5-9-20)16(2)24-25-22(27)18-12-14-26(15-13-18)31(28,29)21-10-6-19(23)7-11-21/h4-11,18H,3,12-15H2,1-2H3,(H,25,27)/b24-16+. The molecule has 1 heterocycles. The lowest BCUT2D eigenvalue weighted by molar-refractivity contribution is -0.126. The molecule has 0 radical (unpaired) electrons. The van der Waals surface area contributed by atoms with Gasteiger partial charge in [0.25, 0.3) is 0 Å². The largest absolute Gasteiger partial charge is 0.494 e. The summed E-state index contributed by atoms with van der Waals surface area (Å²) < 4.78 is 33.3. The number of nitrogens with one attached hydrogen (secondary N) is 1. The fourth-order valence-electron chi connectivity index (χ4n) is 3.37.